The van der Waals surface area contributed by atoms with Crippen LogP contribution in [0.25, 0.3) is 11.2 Å². The summed E-state index contributed by atoms with van der Waals surface area (Å²) in [6.07, 6.45) is 5.00. The molecule has 0 saturated heterocycles. The zero-order valence-corrected chi connectivity index (χ0v) is 9.54. The average Bonchev–Trinajstić information content (AvgIpc) is 2.46. The number of benzene rings is 1. The van der Waals surface area contributed by atoms with Crippen LogP contribution in [0.2, 0.25) is 0 Å². The van der Waals surface area contributed by atoms with Gasteiger partial charge in [-0.25, -0.2) is 9.97 Å². The number of hydrogen-bond donors (Lipinski definition) is 0. The minimum atomic E-state index is 0.641. The first-order valence-electron chi connectivity index (χ1n) is 5.56. The van der Waals surface area contributed by atoms with Crippen LogP contribution in [0, 0.1) is 11.8 Å². The number of fused-ring (bicyclic) bond motifs is 1. The average molecular weight is 231 g/mol. The Labute approximate surface area is 105 Å². The number of aromatic nitrogens is 3. The fourth-order valence-corrected chi connectivity index (χ4v) is 1.59. The molecule has 0 radical (unpaired) electrons. The van der Waals surface area contributed by atoms with E-state index >= 15 is 0 Å². The lowest BCUT2D eigenvalue weighted by Gasteiger charge is -1.94. The van der Waals surface area contributed by atoms with Gasteiger partial charge in [0, 0.05) is 29.7 Å². The number of rotatable bonds is 0. The van der Waals surface area contributed by atoms with Crippen LogP contribution >= 0.6 is 0 Å². The molecule has 3 heteroatoms. The summed E-state index contributed by atoms with van der Waals surface area (Å²) < 4.78 is 0. The lowest BCUT2D eigenvalue weighted by molar-refractivity contribution is 1.22. The van der Waals surface area contributed by atoms with Crippen molar-refractivity contribution >= 4 is 11.2 Å². The van der Waals surface area contributed by atoms with Crippen molar-refractivity contribution in [3.63, 3.8) is 0 Å². The Morgan fingerprint density at radius 2 is 1.56 bits per heavy atom. The molecule has 3 aromatic rings. The predicted octanol–water partition coefficient (Wildman–Crippen LogP) is 2.42. The molecule has 0 spiro atoms. The van der Waals surface area contributed by atoms with Gasteiger partial charge in [0.1, 0.15) is 5.52 Å². The molecule has 0 unspecified atom stereocenters. The highest BCUT2D eigenvalue weighted by Crippen LogP contribution is 2.06. The van der Waals surface area contributed by atoms with Crippen molar-refractivity contribution in [2.24, 2.45) is 0 Å². The summed E-state index contributed by atoms with van der Waals surface area (Å²) in [6, 6.07) is 11.7. The Balaban J connectivity index is 1.99. The molecule has 0 bridgehead atoms. The molecular formula is C15H9N3. The predicted molar refractivity (Wildman–Crippen MR) is 69.8 cm³/mol. The number of hydrogen-bond acceptors (Lipinski definition) is 3. The molecule has 0 amide bonds. The Kier molecular flexibility index (Phi) is 2.69. The first kappa shape index (κ1) is 10.4. The minimum Gasteiger partial charge on any atom is -0.251 e. The number of pyridine rings is 1. The molecule has 0 N–H and O–H groups in total. The summed E-state index contributed by atoms with van der Waals surface area (Å²) in [5.74, 6) is 6.16. The van der Waals surface area contributed by atoms with Gasteiger partial charge in [-0.15, -0.1) is 0 Å². The van der Waals surface area contributed by atoms with E-state index in [2.05, 4.69) is 26.8 Å². The molecule has 0 aliphatic rings. The Morgan fingerprint density at radius 1 is 0.778 bits per heavy atom. The summed E-state index contributed by atoms with van der Waals surface area (Å²) in [7, 11) is 0. The summed E-state index contributed by atoms with van der Waals surface area (Å²) in [4.78, 5) is 12.5. The lowest BCUT2D eigenvalue weighted by atomic mass is 10.2. The Bertz CT molecular complexity index is 740. The molecule has 0 fully saturated rings. The van der Waals surface area contributed by atoms with Crippen LogP contribution in [0.1, 0.15) is 11.1 Å². The third-order valence-corrected chi connectivity index (χ3v) is 2.45. The van der Waals surface area contributed by atoms with Gasteiger partial charge in [-0.05, 0) is 18.2 Å². The van der Waals surface area contributed by atoms with Gasteiger partial charge in [0.25, 0.3) is 0 Å². The van der Waals surface area contributed by atoms with E-state index in [9.17, 15) is 0 Å². The van der Waals surface area contributed by atoms with Crippen molar-refractivity contribution in [1.82, 2.24) is 15.0 Å². The molecule has 3 rings (SSSR count). The topological polar surface area (TPSA) is 38.7 Å². The van der Waals surface area contributed by atoms with Crippen molar-refractivity contribution in [3.05, 3.63) is 66.1 Å². The fraction of sp³-hybridized carbons (Fsp3) is 0. The zero-order chi connectivity index (χ0) is 12.2. The molecule has 18 heavy (non-hydrogen) atoms. The second-order valence-corrected chi connectivity index (χ2v) is 3.74. The Hall–Kier alpha value is -2.73. The van der Waals surface area contributed by atoms with Gasteiger partial charge in [0.15, 0.2) is 5.65 Å². The van der Waals surface area contributed by atoms with Crippen molar-refractivity contribution in [2.45, 2.75) is 0 Å². The Morgan fingerprint density at radius 3 is 2.44 bits per heavy atom. The van der Waals surface area contributed by atoms with Gasteiger partial charge in [0.2, 0.25) is 0 Å². The van der Waals surface area contributed by atoms with Crippen LogP contribution in [0.3, 0.4) is 0 Å². The van der Waals surface area contributed by atoms with E-state index in [1.165, 1.54) is 0 Å². The van der Waals surface area contributed by atoms with Crippen LogP contribution in [-0.2, 0) is 0 Å². The fourth-order valence-electron chi connectivity index (χ4n) is 1.59. The maximum absolute atomic E-state index is 4.22. The lowest BCUT2D eigenvalue weighted by Crippen LogP contribution is -1.87. The zero-order valence-electron chi connectivity index (χ0n) is 9.54. The molecule has 0 aliphatic heterocycles. The van der Waals surface area contributed by atoms with Crippen molar-refractivity contribution < 1.29 is 0 Å². The maximum atomic E-state index is 4.22. The van der Waals surface area contributed by atoms with E-state index < -0.39 is 0 Å². The second kappa shape index (κ2) is 4.64. The van der Waals surface area contributed by atoms with Crippen LogP contribution in [0.5, 0.6) is 0 Å². The third-order valence-electron chi connectivity index (χ3n) is 2.45. The van der Waals surface area contributed by atoms with Crippen molar-refractivity contribution in [2.75, 3.05) is 0 Å². The standard InChI is InChI=1S/C15H9N3/c1-2-4-12(5-3-1)6-7-13-10-14-15(18-11-13)17-9-8-16-14/h1-5,8-11H. The second-order valence-electron chi connectivity index (χ2n) is 3.74. The maximum Gasteiger partial charge on any atom is 0.178 e. The van der Waals surface area contributed by atoms with Crippen molar-refractivity contribution in [3.8, 4) is 11.8 Å². The first-order valence-corrected chi connectivity index (χ1v) is 5.56. The summed E-state index contributed by atoms with van der Waals surface area (Å²) >= 11 is 0. The van der Waals surface area contributed by atoms with Gasteiger partial charge in [-0.3, -0.25) is 4.98 Å². The van der Waals surface area contributed by atoms with Gasteiger partial charge in [0.05, 0.1) is 0 Å². The molecule has 2 heterocycles. The molecule has 1 aromatic carbocycles. The number of nitrogens with zero attached hydrogens (tertiary/aromatic N) is 3. The highest BCUT2D eigenvalue weighted by Gasteiger charge is 1.96. The molecule has 3 nitrogen and oxygen atoms in total. The van der Waals surface area contributed by atoms with Crippen LogP contribution in [0.15, 0.2) is 55.0 Å². The van der Waals surface area contributed by atoms with Crippen molar-refractivity contribution in [1.29, 1.82) is 0 Å². The van der Waals surface area contributed by atoms with Crippen LogP contribution in [-0.4, -0.2) is 15.0 Å². The smallest absolute Gasteiger partial charge is 0.178 e. The monoisotopic (exact) mass is 231 g/mol. The van der Waals surface area contributed by atoms with E-state index in [0.29, 0.717) is 5.65 Å². The SMILES string of the molecule is C(#Cc1cnc2nccnc2c1)c1ccccc1. The van der Waals surface area contributed by atoms with Gasteiger partial charge < -0.3 is 0 Å². The first-order chi connectivity index (χ1) is 8.92. The molecule has 0 atom stereocenters. The summed E-state index contributed by atoms with van der Waals surface area (Å²) in [5, 5.41) is 0. The minimum absolute atomic E-state index is 0.641. The van der Waals surface area contributed by atoms with E-state index in [-0.39, 0.29) is 0 Å². The van der Waals surface area contributed by atoms with Crippen LogP contribution < -0.4 is 0 Å². The molecule has 84 valence electrons. The highest BCUT2D eigenvalue weighted by molar-refractivity contribution is 5.70. The largest absolute Gasteiger partial charge is 0.251 e. The van der Waals surface area contributed by atoms with Gasteiger partial charge in [-0.1, -0.05) is 30.0 Å². The molecule has 0 aliphatic carbocycles. The van der Waals surface area contributed by atoms with Gasteiger partial charge >= 0.3 is 0 Å². The van der Waals surface area contributed by atoms with E-state index in [4.69, 9.17) is 0 Å². The quantitative estimate of drug-likeness (QED) is 0.558. The summed E-state index contributed by atoms with van der Waals surface area (Å²) in [6.45, 7) is 0. The molecule has 0 saturated carbocycles. The molecular weight excluding hydrogens is 222 g/mol. The van der Waals surface area contributed by atoms with E-state index in [0.717, 1.165) is 16.6 Å². The highest BCUT2D eigenvalue weighted by atomic mass is 14.9. The summed E-state index contributed by atoms with van der Waals surface area (Å²) in [5.41, 5.74) is 3.23. The molecule has 2 aromatic heterocycles. The van der Waals surface area contributed by atoms with Crippen LogP contribution in [0.4, 0.5) is 0 Å². The van der Waals surface area contributed by atoms with E-state index in [1.54, 1.807) is 18.6 Å². The third kappa shape index (κ3) is 2.18. The van der Waals surface area contributed by atoms with Gasteiger partial charge in [-0.2, -0.15) is 0 Å². The normalized spacial score (nSPS) is 9.78. The van der Waals surface area contributed by atoms with E-state index in [1.807, 2.05) is 36.4 Å².